The number of nitrogens with zero attached hydrogens (tertiary/aromatic N) is 2. The van der Waals surface area contributed by atoms with Crippen LogP contribution in [0.4, 0.5) is 34.1 Å². The Morgan fingerprint density at radius 2 is 0.655 bits per heavy atom. The molecule has 0 aliphatic heterocycles. The minimum absolute atomic E-state index is 1.14. The standard InChI is InChI=1S/C54H52N2Si2/c1-57(2,3)53-35-31-50(32-36-53)55(47-13-9-7-10-14-47)49-28-25-44(26-29-49)43-22-19-41(20-23-43)17-18-42-21-24-46-40-52(30-27-45(46)39-42)56(48-15-11-8-12-16-48)51-33-37-54(38-34-51)58(4,5)6/h7-40H,1-6H3/b18-17+. The Hall–Kier alpha value is -6.21. The van der Waals surface area contributed by atoms with Crippen LogP contribution in [0.2, 0.25) is 39.3 Å². The summed E-state index contributed by atoms with van der Waals surface area (Å²) in [5.41, 5.74) is 11.7. The van der Waals surface area contributed by atoms with Crippen molar-refractivity contribution in [1.82, 2.24) is 0 Å². The summed E-state index contributed by atoms with van der Waals surface area (Å²) in [6, 6.07) is 70.9. The Morgan fingerprint density at radius 3 is 1.14 bits per heavy atom. The lowest BCUT2D eigenvalue weighted by molar-refractivity contribution is 1.28. The van der Waals surface area contributed by atoms with Gasteiger partial charge in [0.05, 0.1) is 16.1 Å². The van der Waals surface area contributed by atoms with E-state index in [1.54, 1.807) is 0 Å². The highest BCUT2D eigenvalue weighted by atomic mass is 28.3. The van der Waals surface area contributed by atoms with Gasteiger partial charge in [0.25, 0.3) is 0 Å². The highest BCUT2D eigenvalue weighted by Crippen LogP contribution is 2.37. The van der Waals surface area contributed by atoms with Crippen molar-refractivity contribution in [3.05, 3.63) is 205 Å². The van der Waals surface area contributed by atoms with E-state index in [-0.39, 0.29) is 0 Å². The third-order valence-corrected chi connectivity index (χ3v) is 15.1. The van der Waals surface area contributed by atoms with Crippen molar-refractivity contribution in [2.75, 3.05) is 9.80 Å². The average Bonchev–Trinajstić information content (AvgIpc) is 3.24. The Labute approximate surface area is 347 Å². The fourth-order valence-electron chi connectivity index (χ4n) is 7.55. The van der Waals surface area contributed by atoms with Crippen LogP contribution < -0.4 is 20.2 Å². The van der Waals surface area contributed by atoms with E-state index in [2.05, 4.69) is 255 Å². The molecule has 0 heterocycles. The van der Waals surface area contributed by atoms with E-state index >= 15 is 0 Å². The maximum Gasteiger partial charge on any atom is 0.0775 e. The van der Waals surface area contributed by atoms with E-state index < -0.39 is 16.1 Å². The molecule has 0 radical (unpaired) electrons. The molecule has 2 nitrogen and oxygen atoms in total. The molecular weight excluding hydrogens is 733 g/mol. The number of benzene rings is 8. The van der Waals surface area contributed by atoms with Gasteiger partial charge >= 0.3 is 0 Å². The molecule has 0 aliphatic rings. The van der Waals surface area contributed by atoms with Crippen LogP contribution in [0.5, 0.6) is 0 Å². The Kier molecular flexibility index (Phi) is 10.9. The second-order valence-electron chi connectivity index (χ2n) is 17.2. The summed E-state index contributed by atoms with van der Waals surface area (Å²) in [5.74, 6) is 0. The van der Waals surface area contributed by atoms with Gasteiger partial charge in [0.1, 0.15) is 0 Å². The zero-order valence-electron chi connectivity index (χ0n) is 34.5. The molecule has 0 aliphatic carbocycles. The SMILES string of the molecule is C[Si](C)(C)c1ccc(N(c2ccccc2)c2ccc(-c3ccc(/C=C/c4ccc5cc(N(c6ccccc6)c6ccc([Si](C)(C)C)cc6)ccc5c4)cc3)cc2)cc1. The summed E-state index contributed by atoms with van der Waals surface area (Å²) in [6.45, 7) is 14.4. The van der Waals surface area contributed by atoms with Gasteiger partial charge in [-0.25, -0.2) is 0 Å². The first kappa shape index (κ1) is 38.7. The smallest absolute Gasteiger partial charge is 0.0775 e. The van der Waals surface area contributed by atoms with Gasteiger partial charge < -0.3 is 9.80 Å². The van der Waals surface area contributed by atoms with Crippen molar-refractivity contribution in [3.63, 3.8) is 0 Å². The zero-order valence-corrected chi connectivity index (χ0v) is 36.5. The van der Waals surface area contributed by atoms with Gasteiger partial charge in [0.2, 0.25) is 0 Å². The molecule has 0 unspecified atom stereocenters. The monoisotopic (exact) mass is 784 g/mol. The first-order chi connectivity index (χ1) is 28.0. The lowest BCUT2D eigenvalue weighted by atomic mass is 10.0. The highest BCUT2D eigenvalue weighted by Gasteiger charge is 2.20. The van der Waals surface area contributed by atoms with Crippen molar-refractivity contribution >= 4 is 83.6 Å². The van der Waals surface area contributed by atoms with E-state index in [0.29, 0.717) is 0 Å². The van der Waals surface area contributed by atoms with Crippen molar-refractivity contribution in [1.29, 1.82) is 0 Å². The van der Waals surface area contributed by atoms with Gasteiger partial charge in [0.15, 0.2) is 0 Å². The summed E-state index contributed by atoms with van der Waals surface area (Å²) in [6.07, 6.45) is 4.41. The van der Waals surface area contributed by atoms with E-state index in [0.717, 1.165) is 22.7 Å². The Balaban J connectivity index is 0.987. The molecule has 58 heavy (non-hydrogen) atoms. The molecule has 0 fully saturated rings. The molecule has 0 N–H and O–H groups in total. The van der Waals surface area contributed by atoms with E-state index in [1.165, 1.54) is 54.8 Å². The normalized spacial score (nSPS) is 11.9. The molecule has 0 atom stereocenters. The largest absolute Gasteiger partial charge is 0.311 e. The molecule has 4 heteroatoms. The van der Waals surface area contributed by atoms with E-state index in [1.807, 2.05) is 0 Å². The lowest BCUT2D eigenvalue weighted by Crippen LogP contribution is -2.37. The molecule has 0 aromatic heterocycles. The second kappa shape index (κ2) is 16.3. The number of hydrogen-bond acceptors (Lipinski definition) is 2. The van der Waals surface area contributed by atoms with Crippen molar-refractivity contribution in [2.45, 2.75) is 39.3 Å². The van der Waals surface area contributed by atoms with Gasteiger partial charge in [0, 0.05) is 34.1 Å². The molecule has 8 rings (SSSR count). The van der Waals surface area contributed by atoms with Crippen molar-refractivity contribution < 1.29 is 0 Å². The van der Waals surface area contributed by atoms with Gasteiger partial charge in [-0.15, -0.1) is 0 Å². The number of para-hydroxylation sites is 2. The zero-order chi connectivity index (χ0) is 40.3. The van der Waals surface area contributed by atoms with Crippen LogP contribution in [-0.2, 0) is 0 Å². The summed E-state index contributed by atoms with van der Waals surface area (Å²) in [7, 11) is -2.77. The van der Waals surface area contributed by atoms with Gasteiger partial charge in [-0.1, -0.05) is 177 Å². The van der Waals surface area contributed by atoms with Crippen LogP contribution in [0.1, 0.15) is 11.1 Å². The molecular formula is C54H52N2Si2. The number of rotatable bonds is 11. The third-order valence-electron chi connectivity index (χ3n) is 11.0. The van der Waals surface area contributed by atoms with Crippen LogP contribution in [0.3, 0.4) is 0 Å². The maximum absolute atomic E-state index is 2.40. The maximum atomic E-state index is 2.40. The third kappa shape index (κ3) is 8.69. The molecule has 0 bridgehead atoms. The predicted octanol–water partition coefficient (Wildman–Crippen LogP) is 14.7. The Bertz CT molecular complexity index is 2640. The molecule has 8 aromatic carbocycles. The van der Waals surface area contributed by atoms with Crippen LogP contribution in [0, 0.1) is 0 Å². The fraction of sp³-hybridized carbons (Fsp3) is 0.111. The topological polar surface area (TPSA) is 6.48 Å². The summed E-state index contributed by atoms with van der Waals surface area (Å²) in [4.78, 5) is 4.69. The van der Waals surface area contributed by atoms with Gasteiger partial charge in [-0.2, -0.15) is 0 Å². The quantitative estimate of drug-likeness (QED) is 0.0952. The lowest BCUT2D eigenvalue weighted by Gasteiger charge is -2.27. The number of fused-ring (bicyclic) bond motifs is 1. The first-order valence-corrected chi connectivity index (χ1v) is 27.3. The van der Waals surface area contributed by atoms with Gasteiger partial charge in [-0.3, -0.25) is 0 Å². The van der Waals surface area contributed by atoms with E-state index in [9.17, 15) is 0 Å². The van der Waals surface area contributed by atoms with Crippen molar-refractivity contribution in [2.24, 2.45) is 0 Å². The molecule has 0 saturated carbocycles. The molecule has 0 spiro atoms. The predicted molar refractivity (Wildman–Crippen MR) is 260 cm³/mol. The minimum atomic E-state index is -1.39. The molecule has 0 amide bonds. The van der Waals surface area contributed by atoms with Crippen molar-refractivity contribution in [3.8, 4) is 11.1 Å². The van der Waals surface area contributed by atoms with E-state index in [4.69, 9.17) is 0 Å². The minimum Gasteiger partial charge on any atom is -0.311 e. The second-order valence-corrected chi connectivity index (χ2v) is 27.4. The summed E-state index contributed by atoms with van der Waals surface area (Å²) in [5, 5.41) is 5.38. The Morgan fingerprint density at radius 1 is 0.310 bits per heavy atom. The molecule has 0 saturated heterocycles. The highest BCUT2D eigenvalue weighted by molar-refractivity contribution is 6.89. The van der Waals surface area contributed by atoms with Crippen LogP contribution in [0.25, 0.3) is 34.1 Å². The van der Waals surface area contributed by atoms with Crippen LogP contribution in [-0.4, -0.2) is 16.1 Å². The molecule has 286 valence electrons. The molecule has 8 aromatic rings. The summed E-state index contributed by atoms with van der Waals surface area (Å²) >= 11 is 0. The first-order valence-electron chi connectivity index (χ1n) is 20.3. The summed E-state index contributed by atoms with van der Waals surface area (Å²) < 4.78 is 0. The van der Waals surface area contributed by atoms with Crippen LogP contribution >= 0.6 is 0 Å². The van der Waals surface area contributed by atoms with Crippen LogP contribution in [0.15, 0.2) is 194 Å². The number of anilines is 6. The fourth-order valence-corrected chi connectivity index (χ4v) is 9.88. The van der Waals surface area contributed by atoms with Gasteiger partial charge in [-0.05, 0) is 112 Å². The average molecular weight is 785 g/mol. The number of hydrogen-bond donors (Lipinski definition) is 0.